The van der Waals surface area contributed by atoms with Gasteiger partial charge in [-0.15, -0.1) is 0 Å². The molecule has 0 atom stereocenters. The molecule has 1 amide bonds. The van der Waals surface area contributed by atoms with Crippen LogP contribution in [0.3, 0.4) is 0 Å². The predicted molar refractivity (Wildman–Crippen MR) is 68.9 cm³/mol. The first-order valence-corrected chi connectivity index (χ1v) is 5.81. The van der Waals surface area contributed by atoms with Crippen LogP contribution in [0.4, 0.5) is 11.6 Å². The highest BCUT2D eigenvalue weighted by molar-refractivity contribution is 5.76. The minimum atomic E-state index is -0.0286. The van der Waals surface area contributed by atoms with E-state index in [0.29, 0.717) is 43.6 Å². The Bertz CT molecular complexity index is 397. The first-order valence-electron chi connectivity index (χ1n) is 5.81. The number of nitrogens with one attached hydrogen (secondary N) is 2. The van der Waals surface area contributed by atoms with E-state index >= 15 is 0 Å². The average molecular weight is 253 g/mol. The van der Waals surface area contributed by atoms with Crippen LogP contribution in [0.5, 0.6) is 0 Å². The van der Waals surface area contributed by atoms with Crippen molar-refractivity contribution in [3.8, 4) is 0 Å². The van der Waals surface area contributed by atoms with Gasteiger partial charge in [-0.3, -0.25) is 4.79 Å². The van der Waals surface area contributed by atoms with Gasteiger partial charge in [0.15, 0.2) is 5.82 Å². The number of amides is 1. The maximum atomic E-state index is 11.0. The molecule has 0 radical (unpaired) electrons. The number of nitrogen functional groups attached to an aromatic ring is 1. The summed E-state index contributed by atoms with van der Waals surface area (Å²) in [6.45, 7) is 3.31. The summed E-state index contributed by atoms with van der Waals surface area (Å²) in [5, 5.41) is 5.57. The van der Waals surface area contributed by atoms with Crippen molar-refractivity contribution in [2.24, 2.45) is 0 Å². The molecule has 0 fully saturated rings. The largest absolute Gasteiger partial charge is 0.384 e. The predicted octanol–water partition coefficient (Wildman–Crippen LogP) is 0.143. The second-order valence-corrected chi connectivity index (χ2v) is 3.58. The molecule has 0 aliphatic rings. The van der Waals surface area contributed by atoms with Crippen LogP contribution < -0.4 is 16.4 Å². The summed E-state index contributed by atoms with van der Waals surface area (Å²) in [7, 11) is 1.60. The smallest absolute Gasteiger partial charge is 0.221 e. The van der Waals surface area contributed by atoms with Gasteiger partial charge in [-0.2, -0.15) is 0 Å². The molecule has 1 aromatic heterocycles. The van der Waals surface area contributed by atoms with Crippen LogP contribution in [-0.2, 0) is 16.1 Å². The van der Waals surface area contributed by atoms with E-state index in [1.807, 2.05) is 6.92 Å². The average Bonchev–Trinajstić information content (AvgIpc) is 2.35. The topological polar surface area (TPSA) is 102 Å². The molecular weight excluding hydrogens is 234 g/mol. The number of hydrogen-bond donors (Lipinski definition) is 3. The maximum absolute atomic E-state index is 11.0. The molecule has 0 unspecified atom stereocenters. The molecule has 1 heterocycles. The third-order valence-electron chi connectivity index (χ3n) is 2.16. The fourth-order valence-corrected chi connectivity index (χ4v) is 1.30. The molecule has 18 heavy (non-hydrogen) atoms. The van der Waals surface area contributed by atoms with Gasteiger partial charge in [-0.05, 0) is 6.92 Å². The van der Waals surface area contributed by atoms with Gasteiger partial charge in [0, 0.05) is 32.7 Å². The van der Waals surface area contributed by atoms with Crippen molar-refractivity contribution in [2.75, 3.05) is 31.2 Å². The fraction of sp³-hybridized carbons (Fsp3) is 0.545. The van der Waals surface area contributed by atoms with Gasteiger partial charge in [0.2, 0.25) is 5.91 Å². The molecule has 0 saturated heterocycles. The SMILES string of the molecule is CCOCc1nc(N)cc(NCCC(=O)NC)n1. The number of rotatable bonds is 7. The van der Waals surface area contributed by atoms with Gasteiger partial charge >= 0.3 is 0 Å². The first-order chi connectivity index (χ1) is 8.65. The number of carbonyl (C=O) groups excluding carboxylic acids is 1. The van der Waals surface area contributed by atoms with E-state index in [1.165, 1.54) is 0 Å². The molecule has 7 nitrogen and oxygen atoms in total. The molecule has 1 aromatic rings. The van der Waals surface area contributed by atoms with Crippen molar-refractivity contribution in [1.29, 1.82) is 0 Å². The van der Waals surface area contributed by atoms with E-state index < -0.39 is 0 Å². The monoisotopic (exact) mass is 253 g/mol. The van der Waals surface area contributed by atoms with Crippen LogP contribution in [0, 0.1) is 0 Å². The molecule has 0 bridgehead atoms. The highest BCUT2D eigenvalue weighted by Gasteiger charge is 2.03. The van der Waals surface area contributed by atoms with Crippen molar-refractivity contribution in [3.05, 3.63) is 11.9 Å². The number of hydrogen-bond acceptors (Lipinski definition) is 6. The molecule has 0 aliphatic heterocycles. The number of carbonyl (C=O) groups is 1. The number of nitrogens with zero attached hydrogens (tertiary/aromatic N) is 2. The summed E-state index contributed by atoms with van der Waals surface area (Å²) in [4.78, 5) is 19.3. The van der Waals surface area contributed by atoms with Crippen LogP contribution >= 0.6 is 0 Å². The second-order valence-electron chi connectivity index (χ2n) is 3.58. The summed E-state index contributed by atoms with van der Waals surface area (Å²) in [6, 6.07) is 1.62. The minimum Gasteiger partial charge on any atom is -0.384 e. The second kappa shape index (κ2) is 7.44. The molecule has 100 valence electrons. The quantitative estimate of drug-likeness (QED) is 0.639. The molecule has 1 rings (SSSR count). The Balaban J connectivity index is 2.54. The zero-order valence-corrected chi connectivity index (χ0v) is 10.7. The molecule has 0 aliphatic carbocycles. The lowest BCUT2D eigenvalue weighted by Crippen LogP contribution is -2.21. The van der Waals surface area contributed by atoms with Crippen LogP contribution in [0.2, 0.25) is 0 Å². The Hall–Kier alpha value is -1.89. The van der Waals surface area contributed by atoms with E-state index in [1.54, 1.807) is 13.1 Å². The molecular formula is C11H19N5O2. The van der Waals surface area contributed by atoms with Gasteiger partial charge in [-0.1, -0.05) is 0 Å². The molecule has 4 N–H and O–H groups in total. The number of ether oxygens (including phenoxy) is 1. The van der Waals surface area contributed by atoms with Crippen molar-refractivity contribution in [1.82, 2.24) is 15.3 Å². The van der Waals surface area contributed by atoms with E-state index in [2.05, 4.69) is 20.6 Å². The Morgan fingerprint density at radius 1 is 1.50 bits per heavy atom. The molecule has 7 heteroatoms. The van der Waals surface area contributed by atoms with Crippen molar-refractivity contribution in [3.63, 3.8) is 0 Å². The third-order valence-corrected chi connectivity index (χ3v) is 2.16. The van der Waals surface area contributed by atoms with Crippen LogP contribution in [0.15, 0.2) is 6.07 Å². The van der Waals surface area contributed by atoms with E-state index in [0.717, 1.165) is 0 Å². The van der Waals surface area contributed by atoms with Crippen LogP contribution in [0.25, 0.3) is 0 Å². The van der Waals surface area contributed by atoms with Gasteiger partial charge < -0.3 is 21.1 Å². The van der Waals surface area contributed by atoms with Crippen molar-refractivity contribution < 1.29 is 9.53 Å². The highest BCUT2D eigenvalue weighted by atomic mass is 16.5. The van der Waals surface area contributed by atoms with E-state index in [4.69, 9.17) is 10.5 Å². The Morgan fingerprint density at radius 2 is 2.28 bits per heavy atom. The fourth-order valence-electron chi connectivity index (χ4n) is 1.30. The molecule has 0 saturated carbocycles. The molecule has 0 spiro atoms. The summed E-state index contributed by atoms with van der Waals surface area (Å²) in [6.07, 6.45) is 0.376. The highest BCUT2D eigenvalue weighted by Crippen LogP contribution is 2.09. The summed E-state index contributed by atoms with van der Waals surface area (Å²) >= 11 is 0. The van der Waals surface area contributed by atoms with Gasteiger partial charge in [0.25, 0.3) is 0 Å². The van der Waals surface area contributed by atoms with Gasteiger partial charge in [-0.25, -0.2) is 9.97 Å². The number of aromatic nitrogens is 2. The van der Waals surface area contributed by atoms with Gasteiger partial charge in [0.1, 0.15) is 18.2 Å². The minimum absolute atomic E-state index is 0.0286. The van der Waals surface area contributed by atoms with Gasteiger partial charge in [0.05, 0.1) is 0 Å². The van der Waals surface area contributed by atoms with Crippen molar-refractivity contribution >= 4 is 17.5 Å². The summed E-state index contributed by atoms with van der Waals surface area (Å²) < 4.78 is 5.22. The third kappa shape index (κ3) is 4.96. The Morgan fingerprint density at radius 3 is 2.94 bits per heavy atom. The number of anilines is 2. The van der Waals surface area contributed by atoms with Crippen LogP contribution in [0.1, 0.15) is 19.2 Å². The number of nitrogens with two attached hydrogens (primary N) is 1. The molecule has 0 aromatic carbocycles. The lowest BCUT2D eigenvalue weighted by Gasteiger charge is -2.08. The van der Waals surface area contributed by atoms with Crippen molar-refractivity contribution in [2.45, 2.75) is 20.0 Å². The normalized spacial score (nSPS) is 10.1. The standard InChI is InChI=1S/C11H19N5O2/c1-3-18-7-10-15-8(12)6-9(16-10)14-5-4-11(17)13-2/h6H,3-5,7H2,1-2H3,(H,13,17)(H3,12,14,15,16). The summed E-state index contributed by atoms with van der Waals surface area (Å²) in [5.74, 6) is 1.47. The van der Waals surface area contributed by atoms with E-state index in [9.17, 15) is 4.79 Å². The Labute approximate surface area is 106 Å². The Kier molecular flexibility index (Phi) is 5.86. The van der Waals surface area contributed by atoms with E-state index in [-0.39, 0.29) is 5.91 Å². The lowest BCUT2D eigenvalue weighted by molar-refractivity contribution is -0.120. The maximum Gasteiger partial charge on any atom is 0.221 e. The zero-order valence-electron chi connectivity index (χ0n) is 10.7. The lowest BCUT2D eigenvalue weighted by atomic mass is 10.4. The van der Waals surface area contributed by atoms with Crippen LogP contribution in [-0.4, -0.2) is 36.1 Å². The first kappa shape index (κ1) is 14.2. The zero-order chi connectivity index (χ0) is 13.4. The summed E-state index contributed by atoms with van der Waals surface area (Å²) in [5.41, 5.74) is 5.66.